The molecular weight excluding hydrogens is 254 g/mol. The maximum absolute atomic E-state index is 11.5. The van der Waals surface area contributed by atoms with Gasteiger partial charge in [0.2, 0.25) is 0 Å². The molecule has 2 amide bonds. The molecule has 0 radical (unpaired) electrons. The topological polar surface area (TPSA) is 91.3 Å². The number of aromatic nitrogens is 1. The Morgan fingerprint density at radius 2 is 2.28 bits per heavy atom. The number of hydrogen-bond acceptors (Lipinski definition) is 4. The van der Waals surface area contributed by atoms with Crippen LogP contribution in [0.4, 0.5) is 4.79 Å². The number of aromatic carboxylic acids is 1. The van der Waals surface area contributed by atoms with E-state index in [9.17, 15) is 9.59 Å². The molecule has 0 bridgehead atoms. The van der Waals surface area contributed by atoms with Gasteiger partial charge in [-0.3, -0.25) is 0 Å². The van der Waals surface area contributed by atoms with E-state index in [1.165, 1.54) is 16.7 Å². The second-order valence-electron chi connectivity index (χ2n) is 4.01. The minimum Gasteiger partial charge on any atom is -0.476 e. The predicted molar refractivity (Wildman–Crippen MR) is 67.4 cm³/mol. The zero-order valence-corrected chi connectivity index (χ0v) is 10.8. The summed E-state index contributed by atoms with van der Waals surface area (Å²) < 4.78 is 0. The molecule has 0 aromatic carbocycles. The Hall–Kier alpha value is -2.07. The normalized spacial score (nSPS) is 10.5. The van der Waals surface area contributed by atoms with Gasteiger partial charge in [0.05, 0.1) is 12.1 Å². The number of carboxylic acid groups (broad SMARTS) is 1. The summed E-state index contributed by atoms with van der Waals surface area (Å²) in [6, 6.07) is -0.426. The number of thiazole rings is 1. The number of nitrogens with zero attached hydrogens (tertiary/aromatic N) is 1. The van der Waals surface area contributed by atoms with Crippen LogP contribution >= 0.6 is 11.3 Å². The minimum absolute atomic E-state index is 0.0267. The van der Waals surface area contributed by atoms with Gasteiger partial charge in [-0.15, -0.1) is 17.8 Å². The van der Waals surface area contributed by atoms with Crippen LogP contribution in [0.2, 0.25) is 0 Å². The zero-order chi connectivity index (χ0) is 13.8. The van der Waals surface area contributed by atoms with Gasteiger partial charge < -0.3 is 15.7 Å². The Labute approximate surface area is 108 Å². The third kappa shape index (κ3) is 4.07. The lowest BCUT2D eigenvalue weighted by Gasteiger charge is -2.19. The Morgan fingerprint density at radius 3 is 2.78 bits per heavy atom. The molecule has 0 spiro atoms. The molecule has 3 N–H and O–H groups in total. The van der Waals surface area contributed by atoms with Gasteiger partial charge in [-0.25, -0.2) is 14.6 Å². The molecule has 18 heavy (non-hydrogen) atoms. The van der Waals surface area contributed by atoms with Crippen molar-refractivity contribution in [2.24, 2.45) is 0 Å². The average Bonchev–Trinajstić information content (AvgIpc) is 2.74. The SMILES string of the molecule is C#CC(C)(C)NC(=O)NCc1nc(C(=O)O)cs1. The molecule has 0 fully saturated rings. The van der Waals surface area contributed by atoms with Crippen molar-refractivity contribution in [3.05, 3.63) is 16.1 Å². The van der Waals surface area contributed by atoms with Crippen LogP contribution in [0.15, 0.2) is 5.38 Å². The van der Waals surface area contributed by atoms with Crippen molar-refractivity contribution in [1.82, 2.24) is 15.6 Å². The van der Waals surface area contributed by atoms with Gasteiger partial charge >= 0.3 is 12.0 Å². The standard InChI is InChI=1S/C11H13N3O3S/c1-4-11(2,3)14-10(17)12-5-8-13-7(6-18-8)9(15)16/h1,6H,5H2,2-3H3,(H,15,16)(H2,12,14,17). The minimum atomic E-state index is -1.09. The quantitative estimate of drug-likeness (QED) is 0.711. The lowest BCUT2D eigenvalue weighted by atomic mass is 10.1. The van der Waals surface area contributed by atoms with Crippen molar-refractivity contribution in [2.75, 3.05) is 0 Å². The van der Waals surface area contributed by atoms with Crippen LogP contribution in [-0.2, 0) is 6.54 Å². The largest absolute Gasteiger partial charge is 0.476 e. The zero-order valence-electron chi connectivity index (χ0n) is 9.98. The lowest BCUT2D eigenvalue weighted by Crippen LogP contribution is -2.47. The summed E-state index contributed by atoms with van der Waals surface area (Å²) in [6.07, 6.45) is 5.23. The van der Waals surface area contributed by atoms with Gasteiger partial charge in [0.25, 0.3) is 0 Å². The number of hydrogen-bond donors (Lipinski definition) is 3. The highest BCUT2D eigenvalue weighted by Gasteiger charge is 2.17. The number of amides is 2. The van der Waals surface area contributed by atoms with Gasteiger partial charge in [0.15, 0.2) is 5.69 Å². The van der Waals surface area contributed by atoms with Gasteiger partial charge in [-0.05, 0) is 13.8 Å². The van der Waals surface area contributed by atoms with Crippen molar-refractivity contribution in [3.8, 4) is 12.3 Å². The number of carboxylic acids is 1. The van der Waals surface area contributed by atoms with E-state index in [0.29, 0.717) is 5.01 Å². The van der Waals surface area contributed by atoms with E-state index >= 15 is 0 Å². The number of terminal acetylenes is 1. The third-order valence-electron chi connectivity index (χ3n) is 1.96. The number of carbonyl (C=O) groups is 2. The van der Waals surface area contributed by atoms with Crippen molar-refractivity contribution >= 4 is 23.3 Å². The summed E-state index contributed by atoms with van der Waals surface area (Å²) in [5, 5.41) is 15.7. The van der Waals surface area contributed by atoms with Gasteiger partial charge in [0.1, 0.15) is 5.01 Å². The summed E-state index contributed by atoms with van der Waals surface area (Å²) in [7, 11) is 0. The van der Waals surface area contributed by atoms with Crippen LogP contribution in [0.25, 0.3) is 0 Å². The third-order valence-corrected chi connectivity index (χ3v) is 2.81. The van der Waals surface area contributed by atoms with Crippen molar-refractivity contribution in [3.63, 3.8) is 0 Å². The summed E-state index contributed by atoms with van der Waals surface area (Å²) in [4.78, 5) is 25.9. The number of carbonyl (C=O) groups excluding carboxylic acids is 1. The monoisotopic (exact) mass is 267 g/mol. The van der Waals surface area contributed by atoms with E-state index in [4.69, 9.17) is 11.5 Å². The van der Waals surface area contributed by atoms with Crippen molar-refractivity contribution in [1.29, 1.82) is 0 Å². The van der Waals surface area contributed by atoms with Gasteiger partial charge in [0, 0.05) is 5.38 Å². The summed E-state index contributed by atoms with van der Waals surface area (Å²) in [5.41, 5.74) is -0.764. The first-order chi connectivity index (χ1) is 8.34. The van der Waals surface area contributed by atoms with E-state index in [0.717, 1.165) is 0 Å². The molecule has 0 aliphatic rings. The fraction of sp³-hybridized carbons (Fsp3) is 0.364. The Kier molecular flexibility index (Phi) is 4.28. The molecular formula is C11H13N3O3S. The van der Waals surface area contributed by atoms with E-state index in [2.05, 4.69) is 21.5 Å². The van der Waals surface area contributed by atoms with Gasteiger partial charge in [-0.1, -0.05) is 5.92 Å². The molecule has 96 valence electrons. The lowest BCUT2D eigenvalue weighted by molar-refractivity contribution is 0.0691. The second kappa shape index (κ2) is 5.51. The Morgan fingerprint density at radius 1 is 1.61 bits per heavy atom. The second-order valence-corrected chi connectivity index (χ2v) is 4.95. The van der Waals surface area contributed by atoms with Crippen LogP contribution in [0, 0.1) is 12.3 Å². The van der Waals surface area contributed by atoms with E-state index < -0.39 is 17.5 Å². The molecule has 0 atom stereocenters. The Balaban J connectivity index is 2.48. The fourth-order valence-corrected chi connectivity index (χ4v) is 1.72. The first kappa shape index (κ1) is 14.0. The summed E-state index contributed by atoms with van der Waals surface area (Å²) >= 11 is 1.17. The Bertz CT molecular complexity index is 502. The predicted octanol–water partition coefficient (Wildman–Crippen LogP) is 1.05. The molecule has 0 aliphatic heterocycles. The molecule has 1 rings (SSSR count). The molecule has 1 aromatic heterocycles. The van der Waals surface area contributed by atoms with E-state index in [-0.39, 0.29) is 12.2 Å². The maximum atomic E-state index is 11.5. The number of rotatable bonds is 4. The summed E-state index contributed by atoms with van der Waals surface area (Å²) in [5.74, 6) is 1.34. The smallest absolute Gasteiger partial charge is 0.355 e. The first-order valence-electron chi connectivity index (χ1n) is 5.05. The highest BCUT2D eigenvalue weighted by atomic mass is 32.1. The van der Waals surface area contributed by atoms with Crippen LogP contribution in [0.5, 0.6) is 0 Å². The molecule has 0 unspecified atom stereocenters. The first-order valence-corrected chi connectivity index (χ1v) is 5.93. The molecule has 7 heteroatoms. The molecule has 6 nitrogen and oxygen atoms in total. The highest BCUT2D eigenvalue weighted by molar-refractivity contribution is 7.09. The molecule has 0 saturated heterocycles. The van der Waals surface area contributed by atoms with Crippen LogP contribution in [0.3, 0.4) is 0 Å². The van der Waals surface area contributed by atoms with Crippen molar-refractivity contribution < 1.29 is 14.7 Å². The number of nitrogens with one attached hydrogen (secondary N) is 2. The van der Waals surface area contributed by atoms with Gasteiger partial charge in [-0.2, -0.15) is 0 Å². The molecule has 0 aliphatic carbocycles. The van der Waals surface area contributed by atoms with Crippen LogP contribution in [0.1, 0.15) is 29.3 Å². The van der Waals surface area contributed by atoms with Crippen molar-refractivity contribution in [2.45, 2.75) is 25.9 Å². The highest BCUT2D eigenvalue weighted by Crippen LogP contribution is 2.09. The molecule has 1 heterocycles. The summed E-state index contributed by atoms with van der Waals surface area (Å²) in [6.45, 7) is 3.54. The van der Waals surface area contributed by atoms with Crippen LogP contribution in [-0.4, -0.2) is 27.6 Å². The molecule has 1 aromatic rings. The van der Waals surface area contributed by atoms with E-state index in [1.54, 1.807) is 13.8 Å². The fourth-order valence-electron chi connectivity index (χ4n) is 1.01. The van der Waals surface area contributed by atoms with Crippen LogP contribution < -0.4 is 10.6 Å². The van der Waals surface area contributed by atoms with E-state index in [1.807, 2.05) is 0 Å². The number of urea groups is 1. The molecule has 0 saturated carbocycles. The maximum Gasteiger partial charge on any atom is 0.355 e. The average molecular weight is 267 g/mol.